The Balaban J connectivity index is 2.19. The number of aromatic amines is 1. The average Bonchev–Trinajstić information content (AvgIpc) is 2.94. The van der Waals surface area contributed by atoms with Crippen molar-refractivity contribution in [2.45, 2.75) is 44.4 Å². The van der Waals surface area contributed by atoms with Crippen LogP contribution in [0.5, 0.6) is 0 Å². The highest BCUT2D eigenvalue weighted by Gasteiger charge is 2.43. The van der Waals surface area contributed by atoms with Crippen LogP contribution < -0.4 is 0 Å². The summed E-state index contributed by atoms with van der Waals surface area (Å²) in [5.74, 6) is -1.05. The molecule has 1 aromatic carbocycles. The fourth-order valence-corrected chi connectivity index (χ4v) is 3.73. The molecule has 0 saturated carbocycles. The molecule has 0 spiro atoms. The van der Waals surface area contributed by atoms with Crippen molar-refractivity contribution < 1.29 is 27.8 Å². The first kappa shape index (κ1) is 18.5. The van der Waals surface area contributed by atoms with Crippen molar-refractivity contribution in [3.63, 3.8) is 0 Å². The van der Waals surface area contributed by atoms with Crippen LogP contribution in [0.25, 0.3) is 10.9 Å². The van der Waals surface area contributed by atoms with Gasteiger partial charge >= 0.3 is 12.1 Å². The molecule has 0 bridgehead atoms. The van der Waals surface area contributed by atoms with E-state index >= 15 is 0 Å². The molecule has 2 N–H and O–H groups in total. The maximum Gasteiger partial charge on any atom is 0.418 e. The summed E-state index contributed by atoms with van der Waals surface area (Å²) in [7, 11) is 0. The van der Waals surface area contributed by atoms with E-state index in [0.29, 0.717) is 30.3 Å². The van der Waals surface area contributed by atoms with E-state index in [1.807, 2.05) is 19.1 Å². The maximum absolute atomic E-state index is 13.4. The largest absolute Gasteiger partial charge is 0.481 e. The minimum atomic E-state index is -4.49. The molecule has 1 atom stereocenters. The number of carboxylic acids is 1. The van der Waals surface area contributed by atoms with Crippen LogP contribution in [0.1, 0.15) is 43.0 Å². The normalized spacial score (nSPS) is 20.6. The molecule has 1 unspecified atom stereocenters. The van der Waals surface area contributed by atoms with E-state index in [1.165, 1.54) is 6.07 Å². The molecule has 7 heteroatoms. The molecule has 2 heterocycles. The lowest BCUT2D eigenvalue weighted by atomic mass is 9.84. The van der Waals surface area contributed by atoms with Crippen molar-refractivity contribution in [3.8, 4) is 0 Å². The van der Waals surface area contributed by atoms with Crippen LogP contribution in [-0.4, -0.2) is 22.7 Å². The van der Waals surface area contributed by atoms with Crippen molar-refractivity contribution in [3.05, 3.63) is 47.2 Å². The smallest absolute Gasteiger partial charge is 0.418 e. The van der Waals surface area contributed by atoms with Crippen LogP contribution in [0.2, 0.25) is 0 Å². The second-order valence-electron chi connectivity index (χ2n) is 6.48. The number of carboxylic acid groups (broad SMARTS) is 1. The monoisotopic (exact) mass is 367 g/mol. The number of rotatable bonds is 5. The molecule has 0 amide bonds. The Kier molecular flexibility index (Phi) is 4.84. The Hall–Kier alpha value is -2.28. The van der Waals surface area contributed by atoms with Crippen LogP contribution in [0.3, 0.4) is 0 Å². The molecule has 0 fully saturated rings. The van der Waals surface area contributed by atoms with Crippen molar-refractivity contribution in [1.82, 2.24) is 4.98 Å². The van der Waals surface area contributed by atoms with Crippen molar-refractivity contribution >= 4 is 16.9 Å². The Bertz CT molecular complexity index is 854. The fraction of sp³-hybridized carbons (Fsp3) is 0.421. The molecular formula is C19H20F3NO3. The van der Waals surface area contributed by atoms with Gasteiger partial charge in [0.1, 0.15) is 5.60 Å². The molecule has 1 aliphatic heterocycles. The van der Waals surface area contributed by atoms with Gasteiger partial charge in [0.25, 0.3) is 0 Å². The average molecular weight is 367 g/mol. The fourth-order valence-electron chi connectivity index (χ4n) is 3.73. The number of allylic oxidation sites excluding steroid dienone is 2. The lowest BCUT2D eigenvalue weighted by Gasteiger charge is -2.36. The summed E-state index contributed by atoms with van der Waals surface area (Å²) in [5.41, 5.74) is -0.722. The number of halogens is 3. The number of benzene rings is 1. The first-order chi connectivity index (χ1) is 12.3. The second kappa shape index (κ2) is 6.79. The molecule has 0 radical (unpaired) electrons. The van der Waals surface area contributed by atoms with E-state index in [4.69, 9.17) is 4.74 Å². The predicted octanol–water partition coefficient (Wildman–Crippen LogP) is 4.79. The van der Waals surface area contributed by atoms with Gasteiger partial charge in [0.05, 0.1) is 29.8 Å². The summed E-state index contributed by atoms with van der Waals surface area (Å²) in [6.45, 7) is 2.13. The lowest BCUT2D eigenvalue weighted by molar-refractivity contribution is -0.149. The number of hydrogen-bond donors (Lipinski definition) is 2. The molecule has 2 aromatic rings. The first-order valence-electron chi connectivity index (χ1n) is 8.46. The van der Waals surface area contributed by atoms with E-state index < -0.39 is 23.3 Å². The molecule has 4 nitrogen and oxygen atoms in total. The quantitative estimate of drug-likeness (QED) is 0.747. The van der Waals surface area contributed by atoms with E-state index in [2.05, 4.69) is 4.98 Å². The number of para-hydroxylation sites is 1. The number of H-pyrrole nitrogens is 1. The Morgan fingerprint density at radius 3 is 2.85 bits per heavy atom. The van der Waals surface area contributed by atoms with E-state index in [9.17, 15) is 23.1 Å². The van der Waals surface area contributed by atoms with Crippen molar-refractivity contribution in [1.29, 1.82) is 0 Å². The number of hydrogen-bond acceptors (Lipinski definition) is 2. The highest BCUT2D eigenvalue weighted by Crippen LogP contribution is 2.44. The number of ether oxygens (including phenoxy) is 1. The van der Waals surface area contributed by atoms with E-state index in [-0.39, 0.29) is 18.5 Å². The topological polar surface area (TPSA) is 62.3 Å². The number of nitrogens with one attached hydrogen (secondary N) is 1. The highest BCUT2D eigenvalue weighted by molar-refractivity contribution is 5.88. The minimum absolute atomic E-state index is 0.00343. The molecule has 26 heavy (non-hydrogen) atoms. The van der Waals surface area contributed by atoms with Gasteiger partial charge in [-0.1, -0.05) is 24.3 Å². The Morgan fingerprint density at radius 1 is 1.42 bits per heavy atom. The zero-order chi connectivity index (χ0) is 18.9. The molecule has 0 aliphatic carbocycles. The zero-order valence-electron chi connectivity index (χ0n) is 14.3. The SMILES string of the molecule is C/C=C/CCC1(CC(=O)O)OCCc2c1[nH]c1c(C(F)(F)F)cccc21. The van der Waals surface area contributed by atoms with Gasteiger partial charge in [0.15, 0.2) is 0 Å². The summed E-state index contributed by atoms with van der Waals surface area (Å²) >= 11 is 0. The summed E-state index contributed by atoms with van der Waals surface area (Å²) < 4.78 is 46.0. The standard InChI is InChI=1S/C19H20F3NO3/c1-2-3-4-9-18(11-15(24)25)17-13(8-10-26-18)12-6-5-7-14(16(12)23-17)19(20,21)22/h2-3,5-7,23H,4,8-11H2,1H3,(H,24,25)/b3-2+. The number of alkyl halides is 3. The van der Waals surface area contributed by atoms with Gasteiger partial charge in [-0.25, -0.2) is 0 Å². The summed E-state index contributed by atoms with van der Waals surface area (Å²) in [6.07, 6.45) is 0.354. The lowest BCUT2D eigenvalue weighted by Crippen LogP contribution is -2.37. The van der Waals surface area contributed by atoms with Gasteiger partial charge in [-0.05, 0) is 37.8 Å². The number of fused-ring (bicyclic) bond motifs is 3. The third-order valence-corrected chi connectivity index (χ3v) is 4.82. The third kappa shape index (κ3) is 3.23. The predicted molar refractivity (Wildman–Crippen MR) is 90.9 cm³/mol. The van der Waals surface area contributed by atoms with Crippen molar-refractivity contribution in [2.24, 2.45) is 0 Å². The van der Waals surface area contributed by atoms with E-state index in [1.54, 1.807) is 6.07 Å². The third-order valence-electron chi connectivity index (χ3n) is 4.82. The Labute approximate surface area is 148 Å². The molecule has 140 valence electrons. The van der Waals surface area contributed by atoms with E-state index in [0.717, 1.165) is 11.6 Å². The van der Waals surface area contributed by atoms with Gasteiger partial charge in [0.2, 0.25) is 0 Å². The van der Waals surface area contributed by atoms with Gasteiger partial charge in [-0.2, -0.15) is 13.2 Å². The van der Waals surface area contributed by atoms with Gasteiger partial charge < -0.3 is 14.8 Å². The summed E-state index contributed by atoms with van der Waals surface area (Å²) in [5, 5.41) is 9.86. The molecule has 1 aromatic heterocycles. The number of carbonyl (C=O) groups is 1. The van der Waals surface area contributed by atoms with Crippen LogP contribution in [-0.2, 0) is 27.7 Å². The number of aromatic nitrogens is 1. The van der Waals surface area contributed by atoms with Gasteiger partial charge in [-0.15, -0.1) is 0 Å². The van der Waals surface area contributed by atoms with Crippen LogP contribution >= 0.6 is 0 Å². The maximum atomic E-state index is 13.4. The van der Waals surface area contributed by atoms with Crippen LogP contribution in [0, 0.1) is 0 Å². The van der Waals surface area contributed by atoms with Crippen LogP contribution in [0.4, 0.5) is 13.2 Å². The van der Waals surface area contributed by atoms with Gasteiger partial charge in [-0.3, -0.25) is 4.79 Å². The van der Waals surface area contributed by atoms with Gasteiger partial charge in [0, 0.05) is 5.39 Å². The number of aliphatic carboxylic acids is 1. The zero-order valence-corrected chi connectivity index (χ0v) is 14.3. The van der Waals surface area contributed by atoms with Crippen molar-refractivity contribution in [2.75, 3.05) is 6.61 Å². The molecule has 3 rings (SSSR count). The molecule has 0 saturated heterocycles. The Morgan fingerprint density at radius 2 is 2.19 bits per heavy atom. The minimum Gasteiger partial charge on any atom is -0.481 e. The summed E-state index contributed by atoms with van der Waals surface area (Å²) in [4.78, 5) is 14.3. The first-order valence-corrected chi connectivity index (χ1v) is 8.46. The molecule has 1 aliphatic rings. The second-order valence-corrected chi connectivity index (χ2v) is 6.48. The van der Waals surface area contributed by atoms with Crippen LogP contribution in [0.15, 0.2) is 30.4 Å². The summed E-state index contributed by atoms with van der Waals surface area (Å²) in [6, 6.07) is 4.06. The molecular weight excluding hydrogens is 347 g/mol. The highest BCUT2D eigenvalue weighted by atomic mass is 19.4.